The molecule has 6 nitrogen and oxygen atoms in total. The van der Waals surface area contributed by atoms with Gasteiger partial charge in [-0.15, -0.1) is 0 Å². The van der Waals surface area contributed by atoms with E-state index in [0.717, 1.165) is 5.56 Å². The summed E-state index contributed by atoms with van der Waals surface area (Å²) < 4.78 is 26.0. The van der Waals surface area contributed by atoms with E-state index < -0.39 is 15.7 Å². The Morgan fingerprint density at radius 1 is 1.15 bits per heavy atom. The van der Waals surface area contributed by atoms with Crippen LogP contribution in [0.3, 0.4) is 0 Å². The fraction of sp³-hybridized carbons (Fsp3) is 0.158. The summed E-state index contributed by atoms with van der Waals surface area (Å²) in [6.45, 7) is 1.99. The summed E-state index contributed by atoms with van der Waals surface area (Å²) in [5.41, 5.74) is 1.46. The molecule has 3 aromatic rings. The van der Waals surface area contributed by atoms with Crippen molar-refractivity contribution in [3.63, 3.8) is 0 Å². The van der Waals surface area contributed by atoms with Crippen molar-refractivity contribution >= 4 is 33.0 Å². The van der Waals surface area contributed by atoms with Crippen molar-refractivity contribution in [2.24, 2.45) is 0 Å². The maximum atomic E-state index is 12.5. The average molecular weight is 404 g/mol. The number of nitrogens with one attached hydrogen (secondary N) is 1. The van der Waals surface area contributed by atoms with Crippen LogP contribution in [0, 0.1) is 0 Å². The molecule has 0 aliphatic heterocycles. The molecule has 0 spiro atoms. The third kappa shape index (κ3) is 4.37. The van der Waals surface area contributed by atoms with E-state index in [2.05, 4.69) is 10.4 Å². The van der Waals surface area contributed by atoms with Crippen molar-refractivity contribution in [3.05, 3.63) is 77.1 Å². The Hall–Kier alpha value is -2.64. The van der Waals surface area contributed by atoms with Gasteiger partial charge in [-0.2, -0.15) is 5.10 Å². The highest BCUT2D eigenvalue weighted by molar-refractivity contribution is 7.91. The van der Waals surface area contributed by atoms with Gasteiger partial charge in [0, 0.05) is 11.2 Å². The van der Waals surface area contributed by atoms with Gasteiger partial charge in [0.25, 0.3) is 5.91 Å². The van der Waals surface area contributed by atoms with Crippen LogP contribution in [0.4, 0.5) is 5.69 Å². The van der Waals surface area contributed by atoms with Crippen LogP contribution < -0.4 is 5.32 Å². The van der Waals surface area contributed by atoms with Gasteiger partial charge in [-0.3, -0.25) is 9.48 Å². The number of amides is 1. The van der Waals surface area contributed by atoms with Crippen LogP contribution in [0.2, 0.25) is 5.02 Å². The fourth-order valence-corrected chi connectivity index (χ4v) is 3.81. The van der Waals surface area contributed by atoms with E-state index in [0.29, 0.717) is 17.1 Å². The summed E-state index contributed by atoms with van der Waals surface area (Å²) in [7, 11) is -3.45. The molecular weight excluding hydrogens is 386 g/mol. The van der Waals surface area contributed by atoms with Crippen LogP contribution in [0.5, 0.6) is 0 Å². The summed E-state index contributed by atoms with van der Waals surface area (Å²) in [6, 6.07) is 13.7. The Balaban J connectivity index is 1.79. The summed E-state index contributed by atoms with van der Waals surface area (Å²) >= 11 is 6.15. The fourth-order valence-electron chi connectivity index (χ4n) is 2.56. The number of sulfone groups is 1. The smallest absolute Gasteiger partial charge is 0.258 e. The normalized spacial score (nSPS) is 11.3. The number of rotatable bonds is 6. The van der Waals surface area contributed by atoms with Gasteiger partial charge in [0.1, 0.15) is 0 Å². The first-order chi connectivity index (χ1) is 12.9. The second kappa shape index (κ2) is 7.94. The quantitative estimate of drug-likeness (QED) is 0.681. The minimum Gasteiger partial charge on any atom is -0.321 e. The van der Waals surface area contributed by atoms with Crippen LogP contribution in [0.15, 0.2) is 65.8 Å². The van der Waals surface area contributed by atoms with Crippen LogP contribution >= 0.6 is 11.6 Å². The largest absolute Gasteiger partial charge is 0.321 e. The number of hydrogen-bond donors (Lipinski definition) is 1. The van der Waals surface area contributed by atoms with Gasteiger partial charge in [-0.1, -0.05) is 48.9 Å². The van der Waals surface area contributed by atoms with E-state index in [1.165, 1.54) is 12.3 Å². The molecule has 1 aromatic heterocycles. The highest BCUT2D eigenvalue weighted by Gasteiger charge is 2.18. The molecule has 27 heavy (non-hydrogen) atoms. The Kier molecular flexibility index (Phi) is 5.62. The van der Waals surface area contributed by atoms with Crippen LogP contribution in [0.25, 0.3) is 0 Å². The number of carbonyl (C=O) groups excluding carboxylic acids is 1. The van der Waals surface area contributed by atoms with E-state index in [-0.39, 0.29) is 16.3 Å². The summed E-state index contributed by atoms with van der Waals surface area (Å²) in [5, 5.41) is 7.46. The lowest BCUT2D eigenvalue weighted by molar-refractivity contribution is 0.102. The highest BCUT2D eigenvalue weighted by atomic mass is 35.5. The van der Waals surface area contributed by atoms with Gasteiger partial charge in [0.05, 0.1) is 34.6 Å². The molecule has 0 unspecified atom stereocenters. The van der Waals surface area contributed by atoms with Crippen molar-refractivity contribution in [2.75, 3.05) is 11.1 Å². The summed E-state index contributed by atoms with van der Waals surface area (Å²) in [4.78, 5) is 12.6. The Labute approximate surface area is 162 Å². The monoisotopic (exact) mass is 403 g/mol. The molecule has 3 rings (SSSR count). The minimum absolute atomic E-state index is 0.0460. The molecule has 2 aromatic carbocycles. The number of halogens is 1. The maximum Gasteiger partial charge on any atom is 0.258 e. The van der Waals surface area contributed by atoms with Crippen molar-refractivity contribution in [1.82, 2.24) is 9.78 Å². The molecule has 0 atom stereocenters. The van der Waals surface area contributed by atoms with Crippen LogP contribution in [0.1, 0.15) is 22.8 Å². The highest BCUT2D eigenvalue weighted by Crippen LogP contribution is 2.23. The zero-order valence-electron chi connectivity index (χ0n) is 14.6. The number of benzene rings is 2. The number of carbonyl (C=O) groups is 1. The molecule has 0 saturated heterocycles. The molecule has 8 heteroatoms. The molecule has 1 amide bonds. The molecule has 0 radical (unpaired) electrons. The molecule has 0 aliphatic rings. The summed E-state index contributed by atoms with van der Waals surface area (Å²) in [6.07, 6.45) is 3.03. The second-order valence-electron chi connectivity index (χ2n) is 5.87. The Morgan fingerprint density at radius 2 is 1.85 bits per heavy atom. The zero-order valence-corrected chi connectivity index (χ0v) is 16.2. The topological polar surface area (TPSA) is 81.1 Å². The van der Waals surface area contributed by atoms with E-state index in [1.54, 1.807) is 42.1 Å². The predicted molar refractivity (Wildman–Crippen MR) is 105 cm³/mol. The molecule has 1 N–H and O–H groups in total. The van der Waals surface area contributed by atoms with Crippen molar-refractivity contribution in [1.29, 1.82) is 0 Å². The van der Waals surface area contributed by atoms with Crippen molar-refractivity contribution in [2.45, 2.75) is 18.4 Å². The first kappa shape index (κ1) is 19.1. The second-order valence-corrected chi connectivity index (χ2v) is 8.53. The van der Waals surface area contributed by atoms with E-state index in [1.807, 2.05) is 18.2 Å². The van der Waals surface area contributed by atoms with Gasteiger partial charge in [-0.05, 0) is 23.8 Å². The lowest BCUT2D eigenvalue weighted by Gasteiger charge is -2.10. The third-order valence-corrected chi connectivity index (χ3v) is 6.19. The van der Waals surface area contributed by atoms with Gasteiger partial charge in [-0.25, -0.2) is 8.42 Å². The van der Waals surface area contributed by atoms with Crippen LogP contribution in [-0.4, -0.2) is 29.9 Å². The lowest BCUT2D eigenvalue weighted by Crippen LogP contribution is -2.15. The van der Waals surface area contributed by atoms with E-state index in [9.17, 15) is 13.2 Å². The van der Waals surface area contributed by atoms with Crippen LogP contribution in [-0.2, 0) is 16.4 Å². The molecule has 0 saturated carbocycles. The number of para-hydroxylation sites is 1. The predicted octanol–water partition coefficient (Wildman–Crippen LogP) is 3.63. The number of nitrogens with zero attached hydrogens (tertiary/aromatic N) is 2. The lowest BCUT2D eigenvalue weighted by atomic mass is 10.2. The average Bonchev–Trinajstić information content (AvgIpc) is 3.13. The molecule has 0 bridgehead atoms. The SMILES string of the molecule is CCS(=O)(=O)c1ccccc1NC(=O)c1cnn(Cc2ccccc2Cl)c1. The molecule has 1 heterocycles. The van der Waals surface area contributed by atoms with Gasteiger partial charge < -0.3 is 5.32 Å². The van der Waals surface area contributed by atoms with Crippen molar-refractivity contribution in [3.8, 4) is 0 Å². The number of hydrogen-bond acceptors (Lipinski definition) is 4. The third-order valence-electron chi connectivity index (χ3n) is 4.04. The van der Waals surface area contributed by atoms with E-state index >= 15 is 0 Å². The molecular formula is C19H18ClN3O3S. The van der Waals surface area contributed by atoms with E-state index in [4.69, 9.17) is 11.6 Å². The first-order valence-electron chi connectivity index (χ1n) is 8.29. The van der Waals surface area contributed by atoms with Gasteiger partial charge in [0.15, 0.2) is 9.84 Å². The summed E-state index contributed by atoms with van der Waals surface area (Å²) in [5.74, 6) is -0.477. The standard InChI is InChI=1S/C19H18ClN3O3S/c1-2-27(25,26)18-10-6-5-9-17(18)22-19(24)15-11-21-23(13-15)12-14-7-3-4-8-16(14)20/h3-11,13H,2,12H2,1H3,(H,22,24). The maximum absolute atomic E-state index is 12.5. The Morgan fingerprint density at radius 3 is 2.59 bits per heavy atom. The molecule has 140 valence electrons. The van der Waals surface area contributed by atoms with Crippen molar-refractivity contribution < 1.29 is 13.2 Å². The number of aromatic nitrogens is 2. The first-order valence-corrected chi connectivity index (χ1v) is 10.3. The number of anilines is 1. The molecule has 0 aliphatic carbocycles. The Bertz CT molecular complexity index is 1080. The molecule has 0 fully saturated rings. The zero-order chi connectivity index (χ0) is 19.4. The van der Waals surface area contributed by atoms with Gasteiger partial charge in [0.2, 0.25) is 0 Å². The minimum atomic E-state index is -3.45. The van der Waals surface area contributed by atoms with Gasteiger partial charge >= 0.3 is 0 Å².